The first-order valence-electron chi connectivity index (χ1n) is 10.7. The highest BCUT2D eigenvalue weighted by molar-refractivity contribution is 6.36. The Labute approximate surface area is 215 Å². The molecule has 0 spiro atoms. The molecule has 0 aliphatic carbocycles. The van der Waals surface area contributed by atoms with Gasteiger partial charge in [-0.1, -0.05) is 40.5 Å². The Kier molecular flexibility index (Phi) is 7.00. The highest BCUT2D eigenvalue weighted by atomic mass is 35.5. The van der Waals surface area contributed by atoms with Crippen LogP contribution >= 0.6 is 23.2 Å². The Hall–Kier alpha value is -3.89. The van der Waals surface area contributed by atoms with Crippen LogP contribution in [0.4, 0.5) is 16.1 Å². The van der Waals surface area contributed by atoms with E-state index in [2.05, 4.69) is 15.6 Å². The maximum Gasteiger partial charge on any atom is 0.254 e. The fourth-order valence-electron chi connectivity index (χ4n) is 3.64. The number of nitrogens with zero attached hydrogens (tertiary/aromatic N) is 3. The van der Waals surface area contributed by atoms with Crippen LogP contribution in [-0.2, 0) is 11.2 Å². The largest absolute Gasteiger partial charge is 0.383 e. The lowest BCUT2D eigenvalue weighted by Crippen LogP contribution is -2.15. The van der Waals surface area contributed by atoms with E-state index in [-0.39, 0.29) is 41.0 Å². The molecule has 4 aromatic rings. The average Bonchev–Trinajstić information content (AvgIpc) is 3.39. The van der Waals surface area contributed by atoms with Crippen molar-refractivity contribution in [3.05, 3.63) is 69.5 Å². The molecule has 186 valence electrons. The molecule has 0 unspecified atom stereocenters. The predicted molar refractivity (Wildman–Crippen MR) is 135 cm³/mol. The topological polar surface area (TPSA) is 142 Å². The molecule has 0 radical (unpaired) electrons. The number of nitrogens with two attached hydrogens (primary N) is 2. The number of primary amides is 1. The molecule has 9 nitrogen and oxygen atoms in total. The zero-order valence-electron chi connectivity index (χ0n) is 19.2. The number of nitrogens with one attached hydrogen (secondary N) is 1. The molecule has 36 heavy (non-hydrogen) atoms. The van der Waals surface area contributed by atoms with Gasteiger partial charge in [0, 0.05) is 28.3 Å². The van der Waals surface area contributed by atoms with Crippen LogP contribution in [-0.4, -0.2) is 26.8 Å². The summed E-state index contributed by atoms with van der Waals surface area (Å²) in [6.07, 6.45) is -0.283. The molecular weight excluding hydrogens is 510 g/mol. The van der Waals surface area contributed by atoms with E-state index in [1.54, 1.807) is 24.3 Å². The summed E-state index contributed by atoms with van der Waals surface area (Å²) in [4.78, 5) is 24.5. The van der Waals surface area contributed by atoms with E-state index in [4.69, 9.17) is 39.2 Å². The first kappa shape index (κ1) is 25.2. The standard InChI is InChI=1S/C24H21Cl2FN6O3/c1-11(2)33-23(28)21(24(29)35)22(31-33)13-4-3-12(17(27)7-13)8-19(34)30-20-10-18(32-36-20)15-6-5-14(25)9-16(15)26/h3-7,9-11H,8,28H2,1-2H3,(H2,29,35)(H,30,34). The van der Waals surface area contributed by atoms with Crippen molar-refractivity contribution in [1.29, 1.82) is 0 Å². The fraction of sp³-hybridized carbons (Fsp3) is 0.167. The molecule has 0 saturated heterocycles. The third-order valence-electron chi connectivity index (χ3n) is 5.34. The molecule has 0 fully saturated rings. The Bertz CT molecular complexity index is 1480. The van der Waals surface area contributed by atoms with Gasteiger partial charge in [0.25, 0.3) is 5.91 Å². The van der Waals surface area contributed by atoms with Crippen LogP contribution in [0.15, 0.2) is 47.0 Å². The Morgan fingerprint density at radius 1 is 1.17 bits per heavy atom. The summed E-state index contributed by atoms with van der Waals surface area (Å²) < 4.78 is 21.5. The van der Waals surface area contributed by atoms with Crippen molar-refractivity contribution in [2.75, 3.05) is 11.1 Å². The van der Waals surface area contributed by atoms with Crippen LogP contribution in [0.5, 0.6) is 0 Å². The highest BCUT2D eigenvalue weighted by Crippen LogP contribution is 2.32. The number of amides is 2. The molecule has 2 heterocycles. The molecule has 2 aromatic carbocycles. The first-order chi connectivity index (χ1) is 17.0. The van der Waals surface area contributed by atoms with Crippen LogP contribution in [0.3, 0.4) is 0 Å². The minimum Gasteiger partial charge on any atom is -0.383 e. The van der Waals surface area contributed by atoms with Gasteiger partial charge < -0.3 is 16.0 Å². The summed E-state index contributed by atoms with van der Waals surface area (Å²) >= 11 is 12.1. The lowest BCUT2D eigenvalue weighted by atomic mass is 10.0. The second-order valence-corrected chi connectivity index (χ2v) is 9.09. The molecule has 0 aliphatic heterocycles. The fourth-order valence-corrected chi connectivity index (χ4v) is 4.14. The summed E-state index contributed by atoms with van der Waals surface area (Å²) in [5.74, 6) is -1.80. The smallest absolute Gasteiger partial charge is 0.254 e. The van der Waals surface area contributed by atoms with E-state index in [0.29, 0.717) is 26.9 Å². The third-order valence-corrected chi connectivity index (χ3v) is 5.89. The zero-order chi connectivity index (χ0) is 26.1. The van der Waals surface area contributed by atoms with Gasteiger partial charge in [0.2, 0.25) is 11.8 Å². The van der Waals surface area contributed by atoms with Gasteiger partial charge in [-0.05, 0) is 43.7 Å². The van der Waals surface area contributed by atoms with E-state index >= 15 is 0 Å². The minimum atomic E-state index is -0.774. The summed E-state index contributed by atoms with van der Waals surface area (Å²) in [5, 5.41) is 11.6. The molecule has 0 saturated carbocycles. The van der Waals surface area contributed by atoms with Crippen molar-refractivity contribution in [3.8, 4) is 22.5 Å². The van der Waals surface area contributed by atoms with Gasteiger partial charge in [-0.25, -0.2) is 9.07 Å². The first-order valence-corrected chi connectivity index (χ1v) is 11.5. The number of hydrogen-bond donors (Lipinski definition) is 3. The molecule has 5 N–H and O–H groups in total. The monoisotopic (exact) mass is 530 g/mol. The third kappa shape index (κ3) is 5.05. The van der Waals surface area contributed by atoms with Crippen LogP contribution < -0.4 is 16.8 Å². The summed E-state index contributed by atoms with van der Waals surface area (Å²) in [5.41, 5.74) is 13.1. The van der Waals surface area contributed by atoms with Crippen LogP contribution in [0.1, 0.15) is 35.8 Å². The van der Waals surface area contributed by atoms with E-state index in [1.165, 1.54) is 22.9 Å². The Morgan fingerprint density at radius 2 is 1.92 bits per heavy atom. The SMILES string of the molecule is CC(C)n1nc(-c2ccc(CC(=O)Nc3cc(-c4ccc(Cl)cc4Cl)no3)c(F)c2)c(C(N)=O)c1N. The molecule has 12 heteroatoms. The number of nitrogen functional groups attached to an aromatic ring is 1. The van der Waals surface area contributed by atoms with Crippen molar-refractivity contribution in [2.45, 2.75) is 26.3 Å². The van der Waals surface area contributed by atoms with Crippen molar-refractivity contribution in [2.24, 2.45) is 5.73 Å². The second-order valence-electron chi connectivity index (χ2n) is 8.24. The number of aromatic nitrogens is 3. The van der Waals surface area contributed by atoms with E-state index in [1.807, 2.05) is 13.8 Å². The van der Waals surface area contributed by atoms with Crippen molar-refractivity contribution < 1.29 is 18.5 Å². The van der Waals surface area contributed by atoms with Gasteiger partial charge in [-0.2, -0.15) is 5.10 Å². The van der Waals surface area contributed by atoms with Crippen LogP contribution in [0.25, 0.3) is 22.5 Å². The van der Waals surface area contributed by atoms with Crippen molar-refractivity contribution in [1.82, 2.24) is 14.9 Å². The molecule has 0 aliphatic rings. The average molecular weight is 531 g/mol. The van der Waals surface area contributed by atoms with Gasteiger partial charge in [0.05, 0.1) is 11.4 Å². The van der Waals surface area contributed by atoms with Crippen molar-refractivity contribution in [3.63, 3.8) is 0 Å². The molecule has 2 aromatic heterocycles. The molecule has 4 rings (SSSR count). The normalized spacial score (nSPS) is 11.2. The maximum atomic E-state index is 14.9. The van der Waals surface area contributed by atoms with Gasteiger partial charge in [-0.3, -0.25) is 14.9 Å². The van der Waals surface area contributed by atoms with E-state index in [0.717, 1.165) is 0 Å². The number of hydrogen-bond acceptors (Lipinski definition) is 6. The molecule has 0 atom stereocenters. The number of benzene rings is 2. The van der Waals surface area contributed by atoms with Crippen molar-refractivity contribution >= 4 is 46.7 Å². The Morgan fingerprint density at radius 3 is 2.56 bits per heavy atom. The lowest BCUT2D eigenvalue weighted by Gasteiger charge is -2.07. The highest BCUT2D eigenvalue weighted by Gasteiger charge is 2.23. The number of halogens is 3. The predicted octanol–water partition coefficient (Wildman–Crippen LogP) is 5.09. The minimum absolute atomic E-state index is 0.00973. The quantitative estimate of drug-likeness (QED) is 0.303. The van der Waals surface area contributed by atoms with Gasteiger partial charge in [0.15, 0.2) is 0 Å². The van der Waals surface area contributed by atoms with Gasteiger partial charge in [0.1, 0.15) is 28.6 Å². The summed E-state index contributed by atoms with van der Waals surface area (Å²) in [6.45, 7) is 3.67. The zero-order valence-corrected chi connectivity index (χ0v) is 20.7. The molecule has 2 amide bonds. The molecule has 0 bridgehead atoms. The number of carbonyl (C=O) groups is 2. The second kappa shape index (κ2) is 10.00. The van der Waals surface area contributed by atoms with Gasteiger partial charge >= 0.3 is 0 Å². The number of rotatable bonds is 7. The van der Waals surface area contributed by atoms with Gasteiger partial charge in [-0.15, -0.1) is 0 Å². The van der Waals surface area contributed by atoms with Crippen LogP contribution in [0, 0.1) is 5.82 Å². The number of carbonyl (C=O) groups excluding carboxylic acids is 2. The Balaban J connectivity index is 1.51. The lowest BCUT2D eigenvalue weighted by molar-refractivity contribution is -0.115. The van der Waals surface area contributed by atoms with Crippen LogP contribution in [0.2, 0.25) is 10.0 Å². The number of anilines is 2. The summed E-state index contributed by atoms with van der Waals surface area (Å²) in [7, 11) is 0. The van der Waals surface area contributed by atoms with E-state index < -0.39 is 17.6 Å². The molecular formula is C24H21Cl2FN6O3. The van der Waals surface area contributed by atoms with E-state index in [9.17, 15) is 14.0 Å². The maximum absolute atomic E-state index is 14.9. The summed E-state index contributed by atoms with van der Waals surface area (Å²) in [6, 6.07) is 10.4.